The lowest BCUT2D eigenvalue weighted by Gasteiger charge is -2.27. The zero-order chi connectivity index (χ0) is 22.5. The largest absolute Gasteiger partial charge is 0.497 e. The number of carbonyl (C=O) groups excluding carboxylic acids is 2. The summed E-state index contributed by atoms with van der Waals surface area (Å²) in [6.07, 6.45) is 0.741. The molecule has 0 fully saturated rings. The van der Waals surface area contributed by atoms with Crippen molar-refractivity contribution in [1.82, 2.24) is 4.90 Å². The number of thiophene rings is 1. The van der Waals surface area contributed by atoms with Crippen molar-refractivity contribution in [2.75, 3.05) is 25.6 Å². The second-order valence-electron chi connectivity index (χ2n) is 7.56. The number of hydrogen-bond acceptors (Lipinski definition) is 6. The molecule has 3 aromatic rings. The molecule has 1 aromatic heterocycles. The molecule has 0 radical (unpaired) electrons. The number of nitrogens with zero attached hydrogens (tertiary/aromatic N) is 1. The Morgan fingerprint density at radius 3 is 2.48 bits per heavy atom. The molecule has 6 nitrogen and oxygen atoms in total. The van der Waals surface area contributed by atoms with E-state index >= 15 is 0 Å². The molecule has 0 saturated heterocycles. The molecule has 2 aromatic carbocycles. The van der Waals surface area contributed by atoms with Crippen LogP contribution in [0.25, 0.3) is 0 Å². The molecule has 33 heavy (non-hydrogen) atoms. The predicted octanol–water partition coefficient (Wildman–Crippen LogP) is 5.17. The van der Waals surface area contributed by atoms with Crippen LogP contribution in [0, 0.1) is 0 Å². The second kappa shape index (κ2) is 11.3. The third kappa shape index (κ3) is 5.74. The number of rotatable bonds is 7. The van der Waals surface area contributed by atoms with Crippen molar-refractivity contribution in [3.63, 3.8) is 0 Å². The monoisotopic (exact) mass is 486 g/mol. The van der Waals surface area contributed by atoms with Gasteiger partial charge in [0.25, 0.3) is 5.91 Å². The molecule has 1 amide bonds. The SMILES string of the molecule is CCOC(=O)c1c(NC(=O)c2ccc(OC)cc2)sc2c1CCN(Cc1ccccc1)C2.Cl. The Morgan fingerprint density at radius 1 is 1.09 bits per heavy atom. The van der Waals surface area contributed by atoms with Gasteiger partial charge in [0.2, 0.25) is 0 Å². The van der Waals surface area contributed by atoms with Gasteiger partial charge in [-0.3, -0.25) is 9.69 Å². The Labute approximate surface area is 203 Å². The summed E-state index contributed by atoms with van der Waals surface area (Å²) in [5, 5.41) is 3.50. The van der Waals surface area contributed by atoms with Crippen molar-refractivity contribution in [3.8, 4) is 5.75 Å². The van der Waals surface area contributed by atoms with Crippen molar-refractivity contribution in [1.29, 1.82) is 0 Å². The van der Waals surface area contributed by atoms with Crippen LogP contribution in [0.3, 0.4) is 0 Å². The average Bonchev–Trinajstić information content (AvgIpc) is 3.17. The fraction of sp³-hybridized carbons (Fsp3) is 0.280. The lowest BCUT2D eigenvalue weighted by molar-refractivity contribution is 0.0526. The molecule has 2 heterocycles. The highest BCUT2D eigenvalue weighted by atomic mass is 35.5. The number of amides is 1. The summed E-state index contributed by atoms with van der Waals surface area (Å²) in [7, 11) is 1.58. The minimum atomic E-state index is -0.383. The Balaban J connectivity index is 0.00000306. The smallest absolute Gasteiger partial charge is 0.341 e. The highest BCUT2D eigenvalue weighted by molar-refractivity contribution is 7.17. The number of methoxy groups -OCH3 is 1. The van der Waals surface area contributed by atoms with E-state index in [0.717, 1.165) is 36.5 Å². The van der Waals surface area contributed by atoms with Gasteiger partial charge >= 0.3 is 5.97 Å². The quantitative estimate of drug-likeness (QED) is 0.467. The number of esters is 1. The molecule has 0 saturated carbocycles. The summed E-state index contributed by atoms with van der Waals surface area (Å²) < 4.78 is 10.5. The number of ether oxygens (including phenoxy) is 2. The summed E-state index contributed by atoms with van der Waals surface area (Å²) in [5.74, 6) is 0.0309. The number of nitrogens with one attached hydrogen (secondary N) is 1. The van der Waals surface area contributed by atoms with E-state index in [1.165, 1.54) is 16.9 Å². The van der Waals surface area contributed by atoms with Crippen LogP contribution >= 0.6 is 23.7 Å². The lowest BCUT2D eigenvalue weighted by Crippen LogP contribution is -2.29. The maximum Gasteiger partial charge on any atom is 0.341 e. The molecular weight excluding hydrogens is 460 g/mol. The maximum atomic E-state index is 12.9. The number of hydrogen-bond donors (Lipinski definition) is 1. The van der Waals surface area contributed by atoms with Gasteiger partial charge < -0.3 is 14.8 Å². The third-order valence-corrected chi connectivity index (χ3v) is 6.58. The van der Waals surface area contributed by atoms with E-state index < -0.39 is 0 Å². The normalized spacial score (nSPS) is 12.9. The molecule has 0 atom stereocenters. The second-order valence-corrected chi connectivity index (χ2v) is 8.66. The summed E-state index contributed by atoms with van der Waals surface area (Å²) in [6.45, 7) is 4.50. The molecule has 0 bridgehead atoms. The average molecular weight is 487 g/mol. The number of anilines is 1. The van der Waals surface area contributed by atoms with Gasteiger partial charge in [0.05, 0.1) is 19.3 Å². The van der Waals surface area contributed by atoms with Gasteiger partial charge in [-0.1, -0.05) is 30.3 Å². The van der Waals surface area contributed by atoms with E-state index in [4.69, 9.17) is 9.47 Å². The van der Waals surface area contributed by atoms with Crippen molar-refractivity contribution in [3.05, 3.63) is 81.7 Å². The number of fused-ring (bicyclic) bond motifs is 1. The van der Waals surface area contributed by atoms with Gasteiger partial charge in [0.15, 0.2) is 0 Å². The maximum absolute atomic E-state index is 12.9. The first-order valence-electron chi connectivity index (χ1n) is 10.6. The number of carbonyl (C=O) groups is 2. The minimum Gasteiger partial charge on any atom is -0.497 e. The van der Waals surface area contributed by atoms with Crippen molar-refractivity contribution >= 4 is 40.6 Å². The molecule has 1 N–H and O–H groups in total. The molecule has 0 unspecified atom stereocenters. The van der Waals surface area contributed by atoms with Crippen molar-refractivity contribution < 1.29 is 19.1 Å². The Hall–Kier alpha value is -2.87. The van der Waals surface area contributed by atoms with Crippen LogP contribution in [-0.4, -0.2) is 37.0 Å². The summed E-state index contributed by atoms with van der Waals surface area (Å²) in [5.41, 5.74) is 3.24. The molecule has 0 aliphatic carbocycles. The Kier molecular flexibility index (Phi) is 8.49. The molecule has 1 aliphatic rings. The molecule has 8 heteroatoms. The number of halogens is 1. The van der Waals surface area contributed by atoms with Crippen molar-refractivity contribution in [2.24, 2.45) is 0 Å². The van der Waals surface area contributed by atoms with Gasteiger partial charge in [-0.15, -0.1) is 23.7 Å². The Morgan fingerprint density at radius 2 is 1.82 bits per heavy atom. The van der Waals surface area contributed by atoms with Crippen LogP contribution in [0.5, 0.6) is 5.75 Å². The van der Waals surface area contributed by atoms with Gasteiger partial charge in [-0.05, 0) is 48.7 Å². The van der Waals surface area contributed by atoms with E-state index in [2.05, 4.69) is 22.3 Å². The Bertz CT molecular complexity index is 1100. The van der Waals surface area contributed by atoms with E-state index in [9.17, 15) is 9.59 Å². The van der Waals surface area contributed by atoms with Crippen LogP contribution in [-0.2, 0) is 24.2 Å². The van der Waals surface area contributed by atoms with Gasteiger partial charge in [-0.2, -0.15) is 0 Å². The molecule has 1 aliphatic heterocycles. The lowest BCUT2D eigenvalue weighted by atomic mass is 10.0. The molecule has 0 spiro atoms. The van der Waals surface area contributed by atoms with E-state index in [0.29, 0.717) is 21.9 Å². The van der Waals surface area contributed by atoms with Crippen LogP contribution in [0.15, 0.2) is 54.6 Å². The van der Waals surface area contributed by atoms with Gasteiger partial charge in [0, 0.05) is 30.1 Å². The van der Waals surface area contributed by atoms with Crippen LogP contribution < -0.4 is 10.1 Å². The highest BCUT2D eigenvalue weighted by Crippen LogP contribution is 2.38. The molecule has 174 valence electrons. The third-order valence-electron chi connectivity index (χ3n) is 5.44. The van der Waals surface area contributed by atoms with E-state index in [1.54, 1.807) is 38.3 Å². The van der Waals surface area contributed by atoms with Crippen LogP contribution in [0.4, 0.5) is 5.00 Å². The first kappa shape index (κ1) is 24.8. The first-order valence-corrected chi connectivity index (χ1v) is 11.4. The fourth-order valence-electron chi connectivity index (χ4n) is 3.86. The minimum absolute atomic E-state index is 0. The van der Waals surface area contributed by atoms with E-state index in [-0.39, 0.29) is 30.9 Å². The highest BCUT2D eigenvalue weighted by Gasteiger charge is 2.29. The summed E-state index contributed by atoms with van der Waals surface area (Å²) in [4.78, 5) is 29.1. The van der Waals surface area contributed by atoms with Crippen molar-refractivity contribution in [2.45, 2.75) is 26.4 Å². The van der Waals surface area contributed by atoms with Gasteiger partial charge in [-0.25, -0.2) is 4.79 Å². The standard InChI is InChI=1S/C25H26N2O4S.ClH/c1-3-31-25(29)22-20-13-14-27(15-17-7-5-4-6-8-17)16-21(20)32-24(22)26-23(28)18-9-11-19(30-2)12-10-18;/h4-12H,3,13-16H2,1-2H3,(H,26,28);1H. The summed E-state index contributed by atoms with van der Waals surface area (Å²) in [6, 6.07) is 17.2. The van der Waals surface area contributed by atoms with Gasteiger partial charge in [0.1, 0.15) is 10.8 Å². The molecular formula is C25H27ClN2O4S. The summed E-state index contributed by atoms with van der Waals surface area (Å²) >= 11 is 1.46. The zero-order valence-electron chi connectivity index (χ0n) is 18.6. The van der Waals surface area contributed by atoms with E-state index in [1.807, 2.05) is 18.2 Å². The fourth-order valence-corrected chi connectivity index (χ4v) is 5.13. The topological polar surface area (TPSA) is 67.9 Å². The van der Waals surface area contributed by atoms with Crippen LogP contribution in [0.1, 0.15) is 43.6 Å². The predicted molar refractivity (Wildman–Crippen MR) is 133 cm³/mol. The number of benzene rings is 2. The zero-order valence-corrected chi connectivity index (χ0v) is 20.3. The first-order chi connectivity index (χ1) is 15.6. The molecule has 4 rings (SSSR count). The van der Waals surface area contributed by atoms with Crippen LogP contribution in [0.2, 0.25) is 0 Å².